The summed E-state index contributed by atoms with van der Waals surface area (Å²) in [6.45, 7) is 3.20. The number of piperazine rings is 1. The lowest BCUT2D eigenvalue weighted by Crippen LogP contribution is -2.50. The first-order chi connectivity index (χ1) is 11.4. The van der Waals surface area contributed by atoms with Gasteiger partial charge in [0.25, 0.3) is 0 Å². The molecule has 1 amide bonds. The lowest BCUT2D eigenvalue weighted by Gasteiger charge is -2.33. The minimum atomic E-state index is -3.60. The van der Waals surface area contributed by atoms with E-state index in [4.69, 9.17) is 0 Å². The molecule has 8 heteroatoms. The molecule has 0 unspecified atom stereocenters. The van der Waals surface area contributed by atoms with Gasteiger partial charge in [0.15, 0.2) is 0 Å². The third kappa shape index (κ3) is 4.56. The standard InChI is InChI=1S/C16H18Br2N2O3S/c1-2-3-4-5-16(21)19-8-10-20(11-9-19)24(22,23)15-12-13(17)6-7-14(15)18/h2-7,12H,8-11H2,1H3/b3-2+,5-4+. The highest BCUT2D eigenvalue weighted by Crippen LogP contribution is 2.28. The van der Waals surface area contributed by atoms with Gasteiger partial charge in [-0.05, 0) is 41.1 Å². The van der Waals surface area contributed by atoms with Gasteiger partial charge in [0.2, 0.25) is 15.9 Å². The molecule has 0 spiro atoms. The Labute approximate surface area is 159 Å². The van der Waals surface area contributed by atoms with Crippen LogP contribution in [0.15, 0.2) is 56.3 Å². The summed E-state index contributed by atoms with van der Waals surface area (Å²) in [6.07, 6.45) is 6.80. The van der Waals surface area contributed by atoms with Crippen molar-refractivity contribution in [3.8, 4) is 0 Å². The molecule has 1 heterocycles. The van der Waals surface area contributed by atoms with Gasteiger partial charge >= 0.3 is 0 Å². The number of rotatable bonds is 4. The van der Waals surface area contributed by atoms with Crippen molar-refractivity contribution in [1.82, 2.24) is 9.21 Å². The number of nitrogens with zero attached hydrogens (tertiary/aromatic N) is 2. The number of halogens is 2. The maximum atomic E-state index is 12.8. The van der Waals surface area contributed by atoms with Crippen LogP contribution in [0, 0.1) is 0 Å². The van der Waals surface area contributed by atoms with E-state index in [-0.39, 0.29) is 23.9 Å². The number of hydrogen-bond donors (Lipinski definition) is 0. The smallest absolute Gasteiger partial charge is 0.246 e. The molecule has 0 bridgehead atoms. The maximum Gasteiger partial charge on any atom is 0.246 e. The third-order valence-corrected chi connectivity index (χ3v) is 6.99. The SMILES string of the molecule is C/C=C/C=C/C(=O)N1CCN(S(=O)(=O)c2cc(Br)ccc2Br)CC1. The van der Waals surface area contributed by atoms with Crippen LogP contribution in [-0.2, 0) is 14.8 Å². The van der Waals surface area contributed by atoms with E-state index in [2.05, 4.69) is 31.9 Å². The zero-order chi connectivity index (χ0) is 17.7. The molecule has 1 saturated heterocycles. The second-order valence-electron chi connectivity index (χ2n) is 5.19. The highest BCUT2D eigenvalue weighted by molar-refractivity contribution is 9.11. The number of carbonyl (C=O) groups excluding carboxylic acids is 1. The Morgan fingerprint density at radius 1 is 1.12 bits per heavy atom. The topological polar surface area (TPSA) is 57.7 Å². The van der Waals surface area contributed by atoms with Crippen LogP contribution < -0.4 is 0 Å². The summed E-state index contributed by atoms with van der Waals surface area (Å²) >= 11 is 6.60. The summed E-state index contributed by atoms with van der Waals surface area (Å²) < 4.78 is 28.2. The average Bonchev–Trinajstić information content (AvgIpc) is 2.57. The number of carbonyl (C=O) groups is 1. The molecule has 2 rings (SSSR count). The van der Waals surface area contributed by atoms with Gasteiger partial charge in [0.1, 0.15) is 0 Å². The van der Waals surface area contributed by atoms with Crippen LogP contribution in [0.2, 0.25) is 0 Å². The van der Waals surface area contributed by atoms with E-state index < -0.39 is 10.0 Å². The van der Waals surface area contributed by atoms with E-state index in [1.54, 1.807) is 35.3 Å². The zero-order valence-electron chi connectivity index (χ0n) is 13.2. The third-order valence-electron chi connectivity index (χ3n) is 3.60. The minimum absolute atomic E-state index is 0.103. The second-order valence-corrected chi connectivity index (χ2v) is 8.87. The van der Waals surface area contributed by atoms with Crippen LogP contribution in [-0.4, -0.2) is 49.7 Å². The summed E-state index contributed by atoms with van der Waals surface area (Å²) in [4.78, 5) is 13.9. The van der Waals surface area contributed by atoms with E-state index in [9.17, 15) is 13.2 Å². The van der Waals surface area contributed by atoms with Gasteiger partial charge in [0.05, 0.1) is 4.90 Å². The molecule has 1 aromatic carbocycles. The van der Waals surface area contributed by atoms with E-state index in [1.807, 2.05) is 13.0 Å². The number of hydrogen-bond acceptors (Lipinski definition) is 3. The molecule has 0 aliphatic carbocycles. The maximum absolute atomic E-state index is 12.8. The first kappa shape index (κ1) is 19.4. The lowest BCUT2D eigenvalue weighted by molar-refractivity contribution is -0.127. The summed E-state index contributed by atoms with van der Waals surface area (Å²) in [5, 5.41) is 0. The van der Waals surface area contributed by atoms with E-state index in [0.717, 1.165) is 0 Å². The molecule has 1 aromatic rings. The number of allylic oxidation sites excluding steroid dienone is 3. The van der Waals surface area contributed by atoms with Gasteiger partial charge < -0.3 is 4.90 Å². The van der Waals surface area contributed by atoms with Crippen molar-refractivity contribution in [2.75, 3.05) is 26.2 Å². The van der Waals surface area contributed by atoms with Gasteiger partial charge in [-0.2, -0.15) is 4.31 Å². The fourth-order valence-corrected chi connectivity index (χ4v) is 5.20. The van der Waals surface area contributed by atoms with Crippen molar-refractivity contribution in [2.24, 2.45) is 0 Å². The average molecular weight is 478 g/mol. The zero-order valence-corrected chi connectivity index (χ0v) is 17.1. The summed E-state index contributed by atoms with van der Waals surface area (Å²) in [6, 6.07) is 5.05. The van der Waals surface area contributed by atoms with Crippen molar-refractivity contribution >= 4 is 47.8 Å². The van der Waals surface area contributed by atoms with Crippen molar-refractivity contribution in [1.29, 1.82) is 0 Å². The molecule has 130 valence electrons. The van der Waals surface area contributed by atoms with Crippen LogP contribution in [0.4, 0.5) is 0 Å². The monoisotopic (exact) mass is 476 g/mol. The largest absolute Gasteiger partial charge is 0.337 e. The number of amides is 1. The summed E-state index contributed by atoms with van der Waals surface area (Å²) in [5.41, 5.74) is 0. The first-order valence-electron chi connectivity index (χ1n) is 7.39. The van der Waals surface area contributed by atoms with Crippen LogP contribution >= 0.6 is 31.9 Å². The van der Waals surface area contributed by atoms with Crippen molar-refractivity contribution < 1.29 is 13.2 Å². The fraction of sp³-hybridized carbons (Fsp3) is 0.312. The summed E-state index contributed by atoms with van der Waals surface area (Å²) in [7, 11) is -3.60. The Kier molecular flexibility index (Phi) is 6.79. The lowest BCUT2D eigenvalue weighted by atomic mass is 10.3. The molecule has 0 saturated carbocycles. The van der Waals surface area contributed by atoms with E-state index in [1.165, 1.54) is 10.4 Å². The molecule has 1 aliphatic rings. The molecule has 0 N–H and O–H groups in total. The Morgan fingerprint density at radius 2 is 1.79 bits per heavy atom. The van der Waals surface area contributed by atoms with Crippen molar-refractivity contribution in [3.05, 3.63) is 51.4 Å². The first-order valence-corrected chi connectivity index (χ1v) is 10.4. The highest BCUT2D eigenvalue weighted by Gasteiger charge is 2.31. The highest BCUT2D eigenvalue weighted by atomic mass is 79.9. The molecule has 24 heavy (non-hydrogen) atoms. The Bertz CT molecular complexity index is 768. The van der Waals surface area contributed by atoms with E-state index in [0.29, 0.717) is 22.0 Å². The summed E-state index contributed by atoms with van der Waals surface area (Å²) in [5.74, 6) is -0.103. The van der Waals surface area contributed by atoms with Gasteiger partial charge in [-0.3, -0.25) is 4.79 Å². The van der Waals surface area contributed by atoms with Crippen molar-refractivity contribution in [2.45, 2.75) is 11.8 Å². The molecular weight excluding hydrogens is 460 g/mol. The fourth-order valence-electron chi connectivity index (χ4n) is 2.32. The predicted octanol–water partition coefficient (Wildman–Crippen LogP) is 3.18. The number of sulfonamides is 1. The molecule has 5 nitrogen and oxygen atoms in total. The molecule has 0 atom stereocenters. The normalized spacial score (nSPS) is 17.0. The predicted molar refractivity (Wildman–Crippen MR) is 101 cm³/mol. The van der Waals surface area contributed by atoms with Gasteiger partial charge in [-0.15, -0.1) is 0 Å². The molecule has 1 aliphatic heterocycles. The quantitative estimate of drug-likeness (QED) is 0.494. The van der Waals surface area contributed by atoms with Crippen LogP contribution in [0.3, 0.4) is 0 Å². The minimum Gasteiger partial charge on any atom is -0.337 e. The molecular formula is C16H18Br2N2O3S. The van der Waals surface area contributed by atoms with Crippen LogP contribution in [0.1, 0.15) is 6.92 Å². The Morgan fingerprint density at radius 3 is 2.42 bits per heavy atom. The molecule has 0 aromatic heterocycles. The van der Waals surface area contributed by atoms with E-state index >= 15 is 0 Å². The second kappa shape index (κ2) is 8.42. The molecule has 1 fully saturated rings. The Hall–Kier alpha value is -0.960. The molecule has 0 radical (unpaired) electrons. The van der Waals surface area contributed by atoms with Crippen LogP contribution in [0.5, 0.6) is 0 Å². The van der Waals surface area contributed by atoms with Crippen molar-refractivity contribution in [3.63, 3.8) is 0 Å². The Balaban J connectivity index is 2.08. The van der Waals surface area contributed by atoms with Crippen LogP contribution in [0.25, 0.3) is 0 Å². The van der Waals surface area contributed by atoms with Gasteiger partial charge in [-0.25, -0.2) is 8.42 Å². The van der Waals surface area contributed by atoms with Gasteiger partial charge in [-0.1, -0.05) is 34.2 Å². The number of benzene rings is 1. The van der Waals surface area contributed by atoms with Gasteiger partial charge in [0, 0.05) is 41.2 Å².